The van der Waals surface area contributed by atoms with Gasteiger partial charge in [-0.1, -0.05) is 6.92 Å². The summed E-state index contributed by atoms with van der Waals surface area (Å²) in [5.74, 6) is 0.230. The number of nitrogens with two attached hydrogens (primary N) is 1. The Labute approximate surface area is 108 Å². The zero-order valence-electron chi connectivity index (χ0n) is 11.3. The molecule has 2 unspecified atom stereocenters. The molecule has 0 aliphatic carbocycles. The number of benzene rings is 1. The van der Waals surface area contributed by atoms with Crippen molar-refractivity contribution in [3.05, 3.63) is 29.6 Å². The summed E-state index contributed by atoms with van der Waals surface area (Å²) in [5.41, 5.74) is 6.74. The van der Waals surface area contributed by atoms with Crippen LogP contribution in [0.25, 0.3) is 0 Å². The maximum Gasteiger partial charge on any atom is 0.127 e. The highest BCUT2D eigenvalue weighted by Gasteiger charge is 2.08. The first-order valence-electron chi connectivity index (χ1n) is 6.25. The Balaban J connectivity index is 2.74. The molecule has 0 bridgehead atoms. The fourth-order valence-electron chi connectivity index (χ4n) is 1.75. The van der Waals surface area contributed by atoms with Crippen molar-refractivity contribution >= 4 is 0 Å². The van der Waals surface area contributed by atoms with Gasteiger partial charge in [0, 0.05) is 19.2 Å². The molecule has 0 saturated heterocycles. The van der Waals surface area contributed by atoms with Crippen molar-refractivity contribution < 1.29 is 13.9 Å². The van der Waals surface area contributed by atoms with Crippen LogP contribution in [0.1, 0.15) is 25.8 Å². The first-order valence-corrected chi connectivity index (χ1v) is 6.25. The molecule has 3 nitrogen and oxygen atoms in total. The lowest BCUT2D eigenvalue weighted by molar-refractivity contribution is 0.0918. The van der Waals surface area contributed by atoms with E-state index in [9.17, 15) is 4.39 Å². The molecule has 0 heterocycles. The molecule has 0 amide bonds. The summed E-state index contributed by atoms with van der Waals surface area (Å²) in [6.07, 6.45) is 1.42. The van der Waals surface area contributed by atoms with Crippen LogP contribution >= 0.6 is 0 Å². The van der Waals surface area contributed by atoms with Crippen molar-refractivity contribution in [1.82, 2.24) is 0 Å². The van der Waals surface area contributed by atoms with E-state index in [1.165, 1.54) is 12.1 Å². The zero-order valence-corrected chi connectivity index (χ0v) is 11.3. The van der Waals surface area contributed by atoms with Gasteiger partial charge >= 0.3 is 0 Å². The number of ether oxygens (including phenoxy) is 2. The standard InChI is InChI=1S/C14H22FNO2/c1-4-13(16)6-11-5-12(15)8-14(7-11)18-10(2)9-17-3/h5,7-8,10,13H,4,6,9,16H2,1-3H3. The SMILES string of the molecule is CCC(N)Cc1cc(F)cc(OC(C)COC)c1. The molecule has 1 aromatic rings. The van der Waals surface area contributed by atoms with E-state index in [1.54, 1.807) is 7.11 Å². The van der Waals surface area contributed by atoms with Crippen LogP contribution in [0.15, 0.2) is 18.2 Å². The Morgan fingerprint density at radius 2 is 2.06 bits per heavy atom. The van der Waals surface area contributed by atoms with Gasteiger partial charge in [0.25, 0.3) is 0 Å². The lowest BCUT2D eigenvalue weighted by atomic mass is 10.0. The van der Waals surface area contributed by atoms with Gasteiger partial charge in [0.1, 0.15) is 17.7 Å². The summed E-state index contributed by atoms with van der Waals surface area (Å²) in [7, 11) is 1.61. The first-order chi connectivity index (χ1) is 8.55. The molecule has 1 rings (SSSR count). The van der Waals surface area contributed by atoms with Gasteiger partial charge in [-0.3, -0.25) is 0 Å². The molecule has 0 fully saturated rings. The van der Waals surface area contributed by atoms with Crippen LogP contribution in [-0.4, -0.2) is 25.9 Å². The van der Waals surface area contributed by atoms with Crippen LogP contribution in [0, 0.1) is 5.82 Å². The van der Waals surface area contributed by atoms with Crippen LogP contribution in [0.5, 0.6) is 5.75 Å². The van der Waals surface area contributed by atoms with Crippen LogP contribution in [0.2, 0.25) is 0 Å². The second kappa shape index (κ2) is 7.34. The van der Waals surface area contributed by atoms with Gasteiger partial charge in [-0.2, -0.15) is 0 Å². The number of methoxy groups -OCH3 is 1. The smallest absolute Gasteiger partial charge is 0.127 e. The molecule has 0 aromatic heterocycles. The van der Waals surface area contributed by atoms with Crippen molar-refractivity contribution in [2.24, 2.45) is 5.73 Å². The molecular weight excluding hydrogens is 233 g/mol. The maximum atomic E-state index is 13.5. The number of hydrogen-bond donors (Lipinski definition) is 1. The lowest BCUT2D eigenvalue weighted by Gasteiger charge is -2.15. The largest absolute Gasteiger partial charge is 0.488 e. The van der Waals surface area contributed by atoms with Crippen LogP contribution < -0.4 is 10.5 Å². The van der Waals surface area contributed by atoms with Crippen molar-refractivity contribution in [2.45, 2.75) is 38.8 Å². The van der Waals surface area contributed by atoms with Crippen molar-refractivity contribution in [2.75, 3.05) is 13.7 Å². The predicted octanol–water partition coefficient (Wildman–Crippen LogP) is 2.52. The van der Waals surface area contributed by atoms with Crippen molar-refractivity contribution in [1.29, 1.82) is 0 Å². The minimum Gasteiger partial charge on any atom is -0.488 e. The molecule has 102 valence electrons. The third-order valence-corrected chi connectivity index (χ3v) is 2.69. The van der Waals surface area contributed by atoms with E-state index in [4.69, 9.17) is 15.2 Å². The average molecular weight is 255 g/mol. The molecule has 0 radical (unpaired) electrons. The molecule has 1 aromatic carbocycles. The van der Waals surface area contributed by atoms with E-state index in [1.807, 2.05) is 19.9 Å². The molecule has 0 aliphatic rings. The van der Waals surface area contributed by atoms with E-state index < -0.39 is 0 Å². The monoisotopic (exact) mass is 255 g/mol. The fraction of sp³-hybridized carbons (Fsp3) is 0.571. The molecule has 0 saturated carbocycles. The van der Waals surface area contributed by atoms with E-state index in [0.717, 1.165) is 12.0 Å². The Morgan fingerprint density at radius 1 is 1.33 bits per heavy atom. The molecule has 2 atom stereocenters. The Hall–Kier alpha value is -1.13. The van der Waals surface area contributed by atoms with Crippen molar-refractivity contribution in [3.8, 4) is 5.75 Å². The van der Waals surface area contributed by atoms with Crippen LogP contribution in [-0.2, 0) is 11.2 Å². The highest BCUT2D eigenvalue weighted by molar-refractivity contribution is 5.30. The van der Waals surface area contributed by atoms with E-state index >= 15 is 0 Å². The lowest BCUT2D eigenvalue weighted by Crippen LogP contribution is -2.22. The molecule has 0 aliphatic heterocycles. The Morgan fingerprint density at radius 3 is 2.67 bits per heavy atom. The third-order valence-electron chi connectivity index (χ3n) is 2.69. The maximum absolute atomic E-state index is 13.5. The summed E-state index contributed by atoms with van der Waals surface area (Å²) < 4.78 is 24.0. The normalized spacial score (nSPS) is 14.3. The van der Waals surface area contributed by atoms with Crippen LogP contribution in [0.4, 0.5) is 4.39 Å². The Bertz CT molecular complexity index is 371. The van der Waals surface area contributed by atoms with Gasteiger partial charge in [-0.15, -0.1) is 0 Å². The fourth-order valence-corrected chi connectivity index (χ4v) is 1.75. The van der Waals surface area contributed by atoms with E-state index in [-0.39, 0.29) is 18.0 Å². The minimum absolute atomic E-state index is 0.0519. The van der Waals surface area contributed by atoms with Crippen molar-refractivity contribution in [3.63, 3.8) is 0 Å². The first kappa shape index (κ1) is 14.9. The third kappa shape index (κ3) is 5.02. The minimum atomic E-state index is -0.296. The van der Waals surface area contributed by atoms with E-state index in [2.05, 4.69) is 0 Å². The second-order valence-electron chi connectivity index (χ2n) is 4.55. The number of hydrogen-bond acceptors (Lipinski definition) is 3. The Kier molecular flexibility index (Phi) is 6.09. The highest BCUT2D eigenvalue weighted by atomic mass is 19.1. The van der Waals surface area contributed by atoms with Gasteiger partial charge in [-0.25, -0.2) is 4.39 Å². The molecule has 0 spiro atoms. The zero-order chi connectivity index (χ0) is 13.5. The molecular formula is C14H22FNO2. The van der Waals surface area contributed by atoms with E-state index in [0.29, 0.717) is 18.8 Å². The van der Waals surface area contributed by atoms with Gasteiger partial charge in [0.2, 0.25) is 0 Å². The second-order valence-corrected chi connectivity index (χ2v) is 4.55. The van der Waals surface area contributed by atoms with Gasteiger partial charge < -0.3 is 15.2 Å². The molecule has 18 heavy (non-hydrogen) atoms. The average Bonchev–Trinajstić information content (AvgIpc) is 2.28. The topological polar surface area (TPSA) is 44.5 Å². The molecule has 4 heteroatoms. The molecule has 2 N–H and O–H groups in total. The summed E-state index contributed by atoms with van der Waals surface area (Å²) in [4.78, 5) is 0. The van der Waals surface area contributed by atoms with Crippen LogP contribution in [0.3, 0.4) is 0 Å². The quantitative estimate of drug-likeness (QED) is 0.814. The van der Waals surface area contributed by atoms with Gasteiger partial charge in [0.15, 0.2) is 0 Å². The number of halogens is 1. The summed E-state index contributed by atoms with van der Waals surface area (Å²) in [6, 6.07) is 4.78. The summed E-state index contributed by atoms with van der Waals surface area (Å²) >= 11 is 0. The van der Waals surface area contributed by atoms with Gasteiger partial charge in [-0.05, 0) is 37.5 Å². The summed E-state index contributed by atoms with van der Waals surface area (Å²) in [5, 5.41) is 0. The number of rotatable bonds is 7. The summed E-state index contributed by atoms with van der Waals surface area (Å²) in [6.45, 7) is 4.37. The predicted molar refractivity (Wildman–Crippen MR) is 70.3 cm³/mol. The van der Waals surface area contributed by atoms with Gasteiger partial charge in [0.05, 0.1) is 6.61 Å². The highest BCUT2D eigenvalue weighted by Crippen LogP contribution is 2.19.